The number of ether oxygens (including phenoxy) is 1. The summed E-state index contributed by atoms with van der Waals surface area (Å²) < 4.78 is 5.24. The summed E-state index contributed by atoms with van der Waals surface area (Å²) in [4.78, 5) is 4.67. The fourth-order valence-electron chi connectivity index (χ4n) is 3.76. The fraction of sp³-hybridized carbons (Fsp3) is 0.812. The first-order valence-electron chi connectivity index (χ1n) is 7.74. The second kappa shape index (κ2) is 7.01. The average molecular weight is 296 g/mol. The van der Waals surface area contributed by atoms with Crippen LogP contribution in [0.15, 0.2) is 11.6 Å². The van der Waals surface area contributed by atoms with Gasteiger partial charge in [0.15, 0.2) is 0 Å². The molecule has 1 N–H and O–H groups in total. The Labute approximate surface area is 127 Å². The minimum atomic E-state index is 0.0402. The standard InChI is InChI=1S/C16H28N2OS/c1-12(2)14-6-5-13(3)11-16(14,18-7-9-19-4)15-17-8-10-20-15/h8,10,12-14,18H,5-7,9,11H2,1-4H3. The van der Waals surface area contributed by atoms with E-state index in [9.17, 15) is 0 Å². The average Bonchev–Trinajstić information content (AvgIpc) is 2.93. The van der Waals surface area contributed by atoms with Gasteiger partial charge < -0.3 is 10.1 Å². The lowest BCUT2D eigenvalue weighted by atomic mass is 9.65. The number of nitrogens with zero attached hydrogens (tertiary/aromatic N) is 1. The van der Waals surface area contributed by atoms with Gasteiger partial charge in [0.25, 0.3) is 0 Å². The van der Waals surface area contributed by atoms with E-state index in [0.717, 1.165) is 19.1 Å². The monoisotopic (exact) mass is 296 g/mol. The molecule has 0 aromatic carbocycles. The predicted octanol–water partition coefficient (Wildman–Crippen LogP) is 3.67. The van der Waals surface area contributed by atoms with E-state index in [1.165, 1.54) is 24.3 Å². The van der Waals surface area contributed by atoms with Crippen LogP contribution in [0.4, 0.5) is 0 Å². The first-order valence-corrected chi connectivity index (χ1v) is 8.62. The normalized spacial score (nSPS) is 30.9. The zero-order valence-electron chi connectivity index (χ0n) is 13.2. The Bertz CT molecular complexity index is 393. The summed E-state index contributed by atoms with van der Waals surface area (Å²) in [6.07, 6.45) is 5.75. The van der Waals surface area contributed by atoms with Crippen molar-refractivity contribution in [1.29, 1.82) is 0 Å². The second-order valence-corrected chi connectivity index (χ2v) is 7.36. The quantitative estimate of drug-likeness (QED) is 0.813. The highest BCUT2D eigenvalue weighted by Crippen LogP contribution is 2.47. The van der Waals surface area contributed by atoms with Crippen molar-refractivity contribution in [2.24, 2.45) is 17.8 Å². The van der Waals surface area contributed by atoms with Crippen molar-refractivity contribution in [2.75, 3.05) is 20.3 Å². The summed E-state index contributed by atoms with van der Waals surface area (Å²) in [6, 6.07) is 0. The summed E-state index contributed by atoms with van der Waals surface area (Å²) in [7, 11) is 1.77. The van der Waals surface area contributed by atoms with Gasteiger partial charge in [-0.25, -0.2) is 4.98 Å². The molecule has 1 aliphatic rings. The van der Waals surface area contributed by atoms with Gasteiger partial charge >= 0.3 is 0 Å². The van der Waals surface area contributed by atoms with Gasteiger partial charge in [0.2, 0.25) is 0 Å². The highest BCUT2D eigenvalue weighted by atomic mass is 32.1. The smallest absolute Gasteiger partial charge is 0.113 e. The van der Waals surface area contributed by atoms with Gasteiger partial charge in [-0.05, 0) is 30.6 Å². The number of hydrogen-bond donors (Lipinski definition) is 1. The maximum Gasteiger partial charge on any atom is 0.113 e. The van der Waals surface area contributed by atoms with Gasteiger partial charge in [-0.2, -0.15) is 0 Å². The summed E-state index contributed by atoms with van der Waals surface area (Å²) in [6.45, 7) is 8.72. The Morgan fingerprint density at radius 3 is 2.90 bits per heavy atom. The van der Waals surface area contributed by atoms with Gasteiger partial charge in [-0.3, -0.25) is 0 Å². The first-order chi connectivity index (χ1) is 9.60. The molecule has 1 aromatic heterocycles. The highest BCUT2D eigenvalue weighted by molar-refractivity contribution is 7.09. The second-order valence-electron chi connectivity index (χ2n) is 6.47. The Morgan fingerprint density at radius 2 is 2.30 bits per heavy atom. The maximum atomic E-state index is 5.24. The molecule has 0 radical (unpaired) electrons. The van der Waals surface area contributed by atoms with Crippen molar-refractivity contribution in [1.82, 2.24) is 10.3 Å². The van der Waals surface area contributed by atoms with E-state index in [1.54, 1.807) is 18.4 Å². The number of thiazole rings is 1. The molecule has 0 aliphatic heterocycles. The van der Waals surface area contributed by atoms with Crippen molar-refractivity contribution in [3.63, 3.8) is 0 Å². The number of aromatic nitrogens is 1. The lowest BCUT2D eigenvalue weighted by Crippen LogP contribution is -2.54. The molecule has 1 saturated carbocycles. The van der Waals surface area contributed by atoms with Crippen LogP contribution in [0.25, 0.3) is 0 Å². The Balaban J connectivity index is 2.30. The lowest BCUT2D eigenvalue weighted by Gasteiger charge is -2.48. The molecule has 4 heteroatoms. The largest absolute Gasteiger partial charge is 0.383 e. The lowest BCUT2D eigenvalue weighted by molar-refractivity contribution is 0.0637. The third-order valence-corrected chi connectivity index (χ3v) is 5.59. The summed E-state index contributed by atoms with van der Waals surface area (Å²) in [5.74, 6) is 2.08. The molecule has 114 valence electrons. The number of nitrogens with one attached hydrogen (secondary N) is 1. The molecular formula is C16H28N2OS. The van der Waals surface area contributed by atoms with Gasteiger partial charge in [0.05, 0.1) is 12.1 Å². The molecule has 0 bridgehead atoms. The minimum Gasteiger partial charge on any atom is -0.383 e. The fourth-order valence-corrected chi connectivity index (χ4v) is 4.65. The third-order valence-electron chi connectivity index (χ3n) is 4.64. The molecular weight excluding hydrogens is 268 g/mol. The van der Waals surface area contributed by atoms with Crippen LogP contribution in [0, 0.1) is 17.8 Å². The molecule has 0 spiro atoms. The Morgan fingerprint density at radius 1 is 1.50 bits per heavy atom. The topological polar surface area (TPSA) is 34.1 Å². The van der Waals surface area contributed by atoms with E-state index >= 15 is 0 Å². The van der Waals surface area contributed by atoms with Crippen molar-refractivity contribution in [3.8, 4) is 0 Å². The first kappa shape index (κ1) is 15.9. The van der Waals surface area contributed by atoms with Crippen LogP contribution in [-0.2, 0) is 10.3 Å². The maximum absolute atomic E-state index is 5.24. The Kier molecular flexibility index (Phi) is 5.58. The van der Waals surface area contributed by atoms with Crippen LogP contribution in [0.1, 0.15) is 45.0 Å². The van der Waals surface area contributed by atoms with Crippen molar-refractivity contribution in [3.05, 3.63) is 16.6 Å². The van der Waals surface area contributed by atoms with E-state index in [4.69, 9.17) is 4.74 Å². The van der Waals surface area contributed by atoms with E-state index in [0.29, 0.717) is 11.8 Å². The third kappa shape index (κ3) is 3.23. The number of hydrogen-bond acceptors (Lipinski definition) is 4. The van der Waals surface area contributed by atoms with E-state index in [1.807, 2.05) is 6.20 Å². The van der Waals surface area contributed by atoms with Gasteiger partial charge in [0.1, 0.15) is 5.01 Å². The van der Waals surface area contributed by atoms with E-state index < -0.39 is 0 Å². The van der Waals surface area contributed by atoms with Crippen LogP contribution in [0.3, 0.4) is 0 Å². The van der Waals surface area contributed by atoms with Crippen LogP contribution in [0.2, 0.25) is 0 Å². The van der Waals surface area contributed by atoms with Gasteiger partial charge in [-0.1, -0.05) is 27.2 Å². The molecule has 3 nitrogen and oxygen atoms in total. The highest BCUT2D eigenvalue weighted by Gasteiger charge is 2.46. The summed E-state index contributed by atoms with van der Waals surface area (Å²) in [5, 5.41) is 7.19. The Hall–Kier alpha value is -0.450. The van der Waals surface area contributed by atoms with Crippen molar-refractivity contribution < 1.29 is 4.74 Å². The summed E-state index contributed by atoms with van der Waals surface area (Å²) in [5.41, 5.74) is 0.0402. The van der Waals surface area contributed by atoms with Crippen LogP contribution in [-0.4, -0.2) is 25.2 Å². The molecule has 1 aromatic rings. The van der Waals surface area contributed by atoms with Crippen LogP contribution < -0.4 is 5.32 Å². The summed E-state index contributed by atoms with van der Waals surface area (Å²) >= 11 is 1.80. The molecule has 1 heterocycles. The van der Waals surface area contributed by atoms with E-state index in [2.05, 4.69) is 36.5 Å². The molecule has 1 fully saturated rings. The predicted molar refractivity (Wildman–Crippen MR) is 85.0 cm³/mol. The van der Waals surface area contributed by atoms with Crippen molar-refractivity contribution >= 4 is 11.3 Å². The van der Waals surface area contributed by atoms with Gasteiger partial charge in [0, 0.05) is 25.2 Å². The molecule has 0 saturated heterocycles. The number of methoxy groups -OCH3 is 1. The SMILES string of the molecule is COCCNC1(c2nccs2)CC(C)CCC1C(C)C. The van der Waals surface area contributed by atoms with Crippen LogP contribution in [0.5, 0.6) is 0 Å². The molecule has 1 aliphatic carbocycles. The molecule has 3 atom stereocenters. The zero-order valence-corrected chi connectivity index (χ0v) is 14.0. The molecule has 3 unspecified atom stereocenters. The molecule has 20 heavy (non-hydrogen) atoms. The van der Waals surface area contributed by atoms with Crippen LogP contribution >= 0.6 is 11.3 Å². The minimum absolute atomic E-state index is 0.0402. The van der Waals surface area contributed by atoms with E-state index in [-0.39, 0.29) is 5.54 Å². The molecule has 2 rings (SSSR count). The number of rotatable bonds is 6. The van der Waals surface area contributed by atoms with Gasteiger partial charge in [-0.15, -0.1) is 11.3 Å². The zero-order chi connectivity index (χ0) is 14.6. The van der Waals surface area contributed by atoms with Crippen molar-refractivity contribution in [2.45, 2.75) is 45.6 Å². The molecule has 0 amide bonds.